The molecule has 0 amide bonds. The number of nitrogens with zero attached hydrogens (tertiary/aromatic N) is 1. The lowest BCUT2D eigenvalue weighted by Crippen LogP contribution is -2.49. The number of halogens is 2. The van der Waals surface area contributed by atoms with Gasteiger partial charge in [0, 0.05) is 31.2 Å². The largest absolute Gasteiger partial charge is 0.309 e. The van der Waals surface area contributed by atoms with Gasteiger partial charge in [0.25, 0.3) is 0 Å². The second-order valence-corrected chi connectivity index (χ2v) is 7.59. The number of benzene rings is 1. The first-order valence-corrected chi connectivity index (χ1v) is 8.74. The molecule has 0 saturated carbocycles. The summed E-state index contributed by atoms with van der Waals surface area (Å²) >= 11 is 0. The van der Waals surface area contributed by atoms with Gasteiger partial charge in [0.05, 0.1) is 6.26 Å². The standard InChI is InChI=1S/C14H20F2N2O2S/c1-10-9-18(21(2,19)20)6-5-14(10)17-8-11-7-12(15)3-4-13(11)16/h3-4,7,10,14,17H,5-6,8-9H2,1-2H3. The summed E-state index contributed by atoms with van der Waals surface area (Å²) in [6, 6.07) is 3.47. The van der Waals surface area contributed by atoms with Crippen molar-refractivity contribution in [1.29, 1.82) is 0 Å². The Morgan fingerprint density at radius 2 is 2.10 bits per heavy atom. The lowest BCUT2D eigenvalue weighted by molar-refractivity contribution is 0.219. The maximum absolute atomic E-state index is 13.5. The molecule has 2 rings (SSSR count). The molecule has 1 aliphatic heterocycles. The van der Waals surface area contributed by atoms with Crippen molar-refractivity contribution in [2.24, 2.45) is 5.92 Å². The first-order valence-electron chi connectivity index (χ1n) is 6.90. The van der Waals surface area contributed by atoms with Crippen LogP contribution in [-0.2, 0) is 16.6 Å². The van der Waals surface area contributed by atoms with Crippen molar-refractivity contribution >= 4 is 10.0 Å². The summed E-state index contributed by atoms with van der Waals surface area (Å²) in [5.74, 6) is -0.789. The van der Waals surface area contributed by atoms with Crippen LogP contribution in [0.2, 0.25) is 0 Å². The van der Waals surface area contributed by atoms with E-state index in [1.54, 1.807) is 0 Å². The van der Waals surface area contributed by atoms with Crippen molar-refractivity contribution in [3.8, 4) is 0 Å². The van der Waals surface area contributed by atoms with Gasteiger partial charge in [0.1, 0.15) is 11.6 Å². The number of hydrogen-bond acceptors (Lipinski definition) is 3. The Bertz CT molecular complexity index is 607. The van der Waals surface area contributed by atoms with Gasteiger partial charge in [-0.25, -0.2) is 21.5 Å². The van der Waals surface area contributed by atoms with E-state index in [1.807, 2.05) is 6.92 Å². The van der Waals surface area contributed by atoms with E-state index in [9.17, 15) is 17.2 Å². The van der Waals surface area contributed by atoms with Crippen LogP contribution in [0.25, 0.3) is 0 Å². The number of hydrogen-bond donors (Lipinski definition) is 1. The predicted molar refractivity (Wildman–Crippen MR) is 77.2 cm³/mol. The fourth-order valence-electron chi connectivity index (χ4n) is 2.63. The van der Waals surface area contributed by atoms with Crippen LogP contribution in [0.4, 0.5) is 8.78 Å². The monoisotopic (exact) mass is 318 g/mol. The average molecular weight is 318 g/mol. The van der Waals surface area contributed by atoms with Crippen LogP contribution in [0.1, 0.15) is 18.9 Å². The molecule has 7 heteroatoms. The van der Waals surface area contributed by atoms with Crippen molar-refractivity contribution in [1.82, 2.24) is 9.62 Å². The van der Waals surface area contributed by atoms with Gasteiger partial charge in [-0.05, 0) is 30.5 Å². The van der Waals surface area contributed by atoms with Crippen LogP contribution in [0, 0.1) is 17.6 Å². The topological polar surface area (TPSA) is 49.4 Å². The average Bonchev–Trinajstić information content (AvgIpc) is 2.40. The van der Waals surface area contributed by atoms with Gasteiger partial charge in [-0.2, -0.15) is 0 Å². The Kier molecular flexibility index (Phi) is 4.95. The Morgan fingerprint density at radius 1 is 1.38 bits per heavy atom. The van der Waals surface area contributed by atoms with E-state index in [-0.39, 0.29) is 24.1 Å². The Hall–Kier alpha value is -1.05. The smallest absolute Gasteiger partial charge is 0.211 e. The van der Waals surface area contributed by atoms with Crippen molar-refractivity contribution < 1.29 is 17.2 Å². The number of nitrogens with one attached hydrogen (secondary N) is 1. The zero-order chi connectivity index (χ0) is 15.6. The molecule has 0 radical (unpaired) electrons. The molecule has 1 N–H and O–H groups in total. The fraction of sp³-hybridized carbons (Fsp3) is 0.571. The highest BCUT2D eigenvalue weighted by Crippen LogP contribution is 2.20. The van der Waals surface area contributed by atoms with Crippen LogP contribution in [-0.4, -0.2) is 38.1 Å². The number of sulfonamides is 1. The Balaban J connectivity index is 1.94. The molecule has 4 nitrogen and oxygen atoms in total. The molecule has 21 heavy (non-hydrogen) atoms. The van der Waals surface area contributed by atoms with Crippen LogP contribution < -0.4 is 5.32 Å². The first-order chi connectivity index (χ1) is 9.77. The van der Waals surface area contributed by atoms with Crippen molar-refractivity contribution in [2.75, 3.05) is 19.3 Å². The Morgan fingerprint density at radius 3 is 2.71 bits per heavy atom. The molecule has 1 aliphatic rings. The second kappa shape index (κ2) is 6.37. The molecule has 1 heterocycles. The normalized spacial score (nSPS) is 24.2. The highest BCUT2D eigenvalue weighted by molar-refractivity contribution is 7.88. The molecule has 0 aliphatic carbocycles. The fourth-order valence-corrected chi connectivity index (χ4v) is 3.57. The molecule has 0 bridgehead atoms. The van der Waals surface area contributed by atoms with Gasteiger partial charge in [0.15, 0.2) is 0 Å². The quantitative estimate of drug-likeness (QED) is 0.920. The van der Waals surface area contributed by atoms with Crippen molar-refractivity contribution in [3.63, 3.8) is 0 Å². The lowest BCUT2D eigenvalue weighted by atomic mass is 9.95. The summed E-state index contributed by atoms with van der Waals surface area (Å²) in [7, 11) is -3.17. The van der Waals surface area contributed by atoms with E-state index in [0.29, 0.717) is 19.5 Å². The highest BCUT2D eigenvalue weighted by atomic mass is 32.2. The van der Waals surface area contributed by atoms with E-state index in [0.717, 1.165) is 12.1 Å². The summed E-state index contributed by atoms with van der Waals surface area (Å²) in [6.45, 7) is 3.09. The van der Waals surface area contributed by atoms with Crippen molar-refractivity contribution in [2.45, 2.75) is 25.9 Å². The maximum Gasteiger partial charge on any atom is 0.211 e. The minimum absolute atomic E-state index is 0.0886. The van der Waals surface area contributed by atoms with E-state index >= 15 is 0 Å². The minimum atomic E-state index is -3.17. The van der Waals surface area contributed by atoms with Gasteiger partial charge in [0.2, 0.25) is 10.0 Å². The van der Waals surface area contributed by atoms with E-state index in [4.69, 9.17) is 0 Å². The summed E-state index contributed by atoms with van der Waals surface area (Å²) in [6.07, 6.45) is 1.86. The maximum atomic E-state index is 13.5. The van der Waals surface area contributed by atoms with Crippen LogP contribution in [0.3, 0.4) is 0 Å². The summed E-state index contributed by atoms with van der Waals surface area (Å²) in [5, 5.41) is 3.20. The molecule has 2 atom stereocenters. The van der Waals surface area contributed by atoms with Crippen LogP contribution >= 0.6 is 0 Å². The molecule has 118 valence electrons. The molecular weight excluding hydrogens is 298 g/mol. The second-order valence-electron chi connectivity index (χ2n) is 5.61. The first kappa shape index (κ1) is 16.3. The molecule has 0 aromatic heterocycles. The molecule has 1 aromatic carbocycles. The van der Waals surface area contributed by atoms with Crippen LogP contribution in [0.5, 0.6) is 0 Å². The van der Waals surface area contributed by atoms with Gasteiger partial charge < -0.3 is 5.32 Å². The third-order valence-electron chi connectivity index (χ3n) is 3.90. The number of piperidine rings is 1. The molecule has 1 aromatic rings. The zero-order valence-electron chi connectivity index (χ0n) is 12.1. The zero-order valence-corrected chi connectivity index (χ0v) is 13.0. The third kappa shape index (κ3) is 4.21. The summed E-state index contributed by atoms with van der Waals surface area (Å²) in [5.41, 5.74) is 0.285. The molecule has 0 spiro atoms. The third-order valence-corrected chi connectivity index (χ3v) is 5.17. The molecule has 2 unspecified atom stereocenters. The minimum Gasteiger partial charge on any atom is -0.309 e. The summed E-state index contributed by atoms with van der Waals surface area (Å²) < 4.78 is 51.1. The van der Waals surface area contributed by atoms with E-state index < -0.39 is 21.7 Å². The Labute approximate surface area is 124 Å². The molecular formula is C14H20F2N2O2S. The molecule has 1 fully saturated rings. The van der Waals surface area contributed by atoms with Gasteiger partial charge in [-0.15, -0.1) is 0 Å². The van der Waals surface area contributed by atoms with Gasteiger partial charge in [-0.3, -0.25) is 0 Å². The summed E-state index contributed by atoms with van der Waals surface area (Å²) in [4.78, 5) is 0. The molecule has 1 saturated heterocycles. The van der Waals surface area contributed by atoms with E-state index in [2.05, 4.69) is 5.32 Å². The number of rotatable bonds is 4. The predicted octanol–water partition coefficient (Wildman–Crippen LogP) is 1.72. The van der Waals surface area contributed by atoms with Gasteiger partial charge in [-0.1, -0.05) is 6.92 Å². The lowest BCUT2D eigenvalue weighted by Gasteiger charge is -2.36. The van der Waals surface area contributed by atoms with E-state index in [1.165, 1.54) is 16.6 Å². The SMILES string of the molecule is CC1CN(S(C)(=O)=O)CCC1NCc1cc(F)ccc1F. The highest BCUT2D eigenvalue weighted by Gasteiger charge is 2.30. The van der Waals surface area contributed by atoms with Crippen molar-refractivity contribution in [3.05, 3.63) is 35.4 Å². The van der Waals surface area contributed by atoms with Gasteiger partial charge >= 0.3 is 0 Å². The van der Waals surface area contributed by atoms with Crippen LogP contribution in [0.15, 0.2) is 18.2 Å².